The predicted molar refractivity (Wildman–Crippen MR) is 112 cm³/mol. The number of sulfonamides is 1. The van der Waals surface area contributed by atoms with E-state index in [9.17, 15) is 18.3 Å². The highest BCUT2D eigenvalue weighted by molar-refractivity contribution is 7.92. The number of aromatic carboxylic acids is 1. The summed E-state index contributed by atoms with van der Waals surface area (Å²) < 4.78 is 39.3. The molecular formula is C21H14ClNO6S. The number of halogens is 1. The topological polar surface area (TPSA) is 106 Å². The van der Waals surface area contributed by atoms with Gasteiger partial charge < -0.3 is 14.3 Å². The third kappa shape index (κ3) is 3.96. The normalized spacial score (nSPS) is 11.4. The summed E-state index contributed by atoms with van der Waals surface area (Å²) in [6, 6.07) is 18.6. The van der Waals surface area contributed by atoms with E-state index in [-0.39, 0.29) is 32.9 Å². The average molecular weight is 444 g/mol. The minimum absolute atomic E-state index is 0.0307. The fraction of sp³-hybridized carbons (Fsp3) is 0. The second-order valence-electron chi connectivity index (χ2n) is 6.25. The first-order chi connectivity index (χ1) is 14.3. The molecule has 1 aromatic heterocycles. The highest BCUT2D eigenvalue weighted by Gasteiger charge is 2.22. The Balaban J connectivity index is 1.71. The van der Waals surface area contributed by atoms with Gasteiger partial charge in [0.15, 0.2) is 5.75 Å². The first-order valence-corrected chi connectivity index (χ1v) is 10.5. The first-order valence-electron chi connectivity index (χ1n) is 8.64. The Hall–Kier alpha value is -3.49. The number of carboxylic acids is 1. The lowest BCUT2D eigenvalue weighted by Gasteiger charge is -2.14. The van der Waals surface area contributed by atoms with E-state index in [1.807, 2.05) is 0 Å². The van der Waals surface area contributed by atoms with Crippen LogP contribution in [0.15, 0.2) is 82.3 Å². The van der Waals surface area contributed by atoms with Gasteiger partial charge in [0.1, 0.15) is 16.9 Å². The summed E-state index contributed by atoms with van der Waals surface area (Å²) in [6.07, 6.45) is 0. The smallest absolute Gasteiger partial charge is 0.339 e. The number of rotatable bonds is 6. The van der Waals surface area contributed by atoms with Crippen molar-refractivity contribution in [3.63, 3.8) is 0 Å². The van der Waals surface area contributed by atoms with Crippen molar-refractivity contribution in [1.29, 1.82) is 0 Å². The standard InChI is InChI=1S/C21H14ClNO6S/c22-14-9-10-19(28-18-8-4-2-6-15(18)21(24)25)16(12-14)23-30(26,27)20-11-13-5-1-3-7-17(13)29-20/h1-12,23H,(H,24,25). The molecule has 0 aliphatic carbocycles. The van der Waals surface area contributed by atoms with Crippen LogP contribution in [0.1, 0.15) is 10.4 Å². The van der Waals surface area contributed by atoms with Crippen molar-refractivity contribution in [1.82, 2.24) is 0 Å². The maximum absolute atomic E-state index is 12.9. The van der Waals surface area contributed by atoms with Gasteiger partial charge in [0.2, 0.25) is 5.09 Å². The van der Waals surface area contributed by atoms with Crippen LogP contribution in [0, 0.1) is 0 Å². The molecule has 4 rings (SSSR count). The summed E-state index contributed by atoms with van der Waals surface area (Å²) in [4.78, 5) is 11.4. The van der Waals surface area contributed by atoms with Gasteiger partial charge in [-0.2, -0.15) is 8.42 Å². The van der Waals surface area contributed by atoms with Crippen LogP contribution in [-0.4, -0.2) is 19.5 Å². The van der Waals surface area contributed by atoms with Gasteiger partial charge in [-0.25, -0.2) is 4.79 Å². The molecule has 0 aliphatic rings. The number of ether oxygens (including phenoxy) is 1. The summed E-state index contributed by atoms with van der Waals surface area (Å²) >= 11 is 6.03. The molecule has 9 heteroatoms. The molecular weight excluding hydrogens is 430 g/mol. The number of benzene rings is 3. The molecule has 152 valence electrons. The van der Waals surface area contributed by atoms with Crippen molar-refractivity contribution in [2.75, 3.05) is 4.72 Å². The summed E-state index contributed by atoms with van der Waals surface area (Å²) in [6.45, 7) is 0. The molecule has 30 heavy (non-hydrogen) atoms. The number of hydrogen-bond acceptors (Lipinski definition) is 5. The van der Waals surface area contributed by atoms with Crippen LogP contribution in [0.2, 0.25) is 5.02 Å². The van der Waals surface area contributed by atoms with Gasteiger partial charge in [-0.3, -0.25) is 4.72 Å². The molecule has 2 N–H and O–H groups in total. The zero-order valence-corrected chi connectivity index (χ0v) is 16.8. The van der Waals surface area contributed by atoms with Crippen molar-refractivity contribution in [2.24, 2.45) is 0 Å². The van der Waals surface area contributed by atoms with E-state index in [1.54, 1.807) is 36.4 Å². The summed E-state index contributed by atoms with van der Waals surface area (Å²) in [5, 5.41) is 9.95. The highest BCUT2D eigenvalue weighted by atomic mass is 35.5. The Morgan fingerprint density at radius 1 is 0.967 bits per heavy atom. The van der Waals surface area contributed by atoms with Gasteiger partial charge in [-0.15, -0.1) is 0 Å². The molecule has 0 bridgehead atoms. The molecule has 0 fully saturated rings. The third-order valence-corrected chi connectivity index (χ3v) is 5.65. The van der Waals surface area contributed by atoms with Crippen LogP contribution in [0.4, 0.5) is 5.69 Å². The van der Waals surface area contributed by atoms with Crippen LogP contribution in [0.3, 0.4) is 0 Å². The van der Waals surface area contributed by atoms with E-state index in [2.05, 4.69) is 4.72 Å². The van der Waals surface area contributed by atoms with Crippen LogP contribution in [0.5, 0.6) is 11.5 Å². The molecule has 0 amide bonds. The molecule has 0 atom stereocenters. The van der Waals surface area contributed by atoms with Crippen molar-refractivity contribution < 1.29 is 27.5 Å². The average Bonchev–Trinajstić information content (AvgIpc) is 3.15. The molecule has 0 saturated carbocycles. The lowest BCUT2D eigenvalue weighted by atomic mass is 10.2. The molecule has 0 spiro atoms. The second-order valence-corrected chi connectivity index (χ2v) is 8.30. The Labute approximate surface area is 176 Å². The number of furan rings is 1. The number of carboxylic acid groups (broad SMARTS) is 1. The number of fused-ring (bicyclic) bond motifs is 1. The lowest BCUT2D eigenvalue weighted by molar-refractivity contribution is 0.0694. The SMILES string of the molecule is O=C(O)c1ccccc1Oc1ccc(Cl)cc1NS(=O)(=O)c1cc2ccccc2o1. The largest absolute Gasteiger partial charge is 0.478 e. The van der Waals surface area contributed by atoms with Gasteiger partial charge in [0.25, 0.3) is 10.0 Å². The molecule has 0 unspecified atom stereocenters. The highest BCUT2D eigenvalue weighted by Crippen LogP contribution is 2.35. The van der Waals surface area contributed by atoms with Crippen LogP contribution in [-0.2, 0) is 10.0 Å². The number of para-hydroxylation sites is 2. The van der Waals surface area contributed by atoms with Crippen molar-refractivity contribution >= 4 is 44.3 Å². The van der Waals surface area contributed by atoms with Crippen molar-refractivity contribution in [3.05, 3.63) is 83.4 Å². The Kier molecular flexibility index (Phi) is 5.11. The minimum atomic E-state index is -4.10. The van der Waals surface area contributed by atoms with Crippen molar-refractivity contribution in [3.8, 4) is 11.5 Å². The van der Waals surface area contributed by atoms with Crippen LogP contribution < -0.4 is 9.46 Å². The van der Waals surface area contributed by atoms with Crippen molar-refractivity contribution in [2.45, 2.75) is 5.09 Å². The Morgan fingerprint density at radius 3 is 2.47 bits per heavy atom. The first kappa shape index (κ1) is 19.8. The number of carbonyl (C=O) groups is 1. The molecule has 3 aromatic carbocycles. The quantitative estimate of drug-likeness (QED) is 0.414. The van der Waals surface area contributed by atoms with E-state index in [4.69, 9.17) is 20.8 Å². The second kappa shape index (κ2) is 7.74. The minimum Gasteiger partial charge on any atom is -0.478 e. The van der Waals surface area contributed by atoms with Gasteiger partial charge in [0.05, 0.1) is 5.69 Å². The fourth-order valence-corrected chi connectivity index (χ4v) is 4.01. The maximum atomic E-state index is 12.9. The van der Waals surface area contributed by atoms with Gasteiger partial charge in [-0.1, -0.05) is 41.9 Å². The molecule has 0 radical (unpaired) electrons. The Morgan fingerprint density at radius 2 is 1.70 bits per heavy atom. The molecule has 1 heterocycles. The van der Waals surface area contributed by atoms with Gasteiger partial charge in [0, 0.05) is 16.5 Å². The maximum Gasteiger partial charge on any atom is 0.339 e. The molecule has 7 nitrogen and oxygen atoms in total. The number of hydrogen-bond donors (Lipinski definition) is 2. The monoisotopic (exact) mass is 443 g/mol. The summed E-state index contributed by atoms with van der Waals surface area (Å²) in [5.41, 5.74) is 0.387. The van der Waals surface area contributed by atoms with Gasteiger partial charge in [-0.05, 0) is 36.4 Å². The zero-order chi connectivity index (χ0) is 21.3. The van der Waals surface area contributed by atoms with E-state index >= 15 is 0 Å². The Bertz CT molecular complexity index is 1330. The third-order valence-electron chi connectivity index (χ3n) is 4.19. The van der Waals surface area contributed by atoms with E-state index in [1.165, 1.54) is 36.4 Å². The summed E-state index contributed by atoms with van der Waals surface area (Å²) in [7, 11) is -4.10. The number of anilines is 1. The molecule has 0 aliphatic heterocycles. The predicted octanol–water partition coefficient (Wildman–Crippen LogP) is 5.38. The zero-order valence-electron chi connectivity index (χ0n) is 15.2. The van der Waals surface area contributed by atoms with Crippen LogP contribution in [0.25, 0.3) is 11.0 Å². The fourth-order valence-electron chi connectivity index (χ4n) is 2.81. The van der Waals surface area contributed by atoms with Crippen LogP contribution >= 0.6 is 11.6 Å². The van der Waals surface area contributed by atoms with E-state index in [0.29, 0.717) is 11.0 Å². The van der Waals surface area contributed by atoms with Gasteiger partial charge >= 0.3 is 5.97 Å². The van der Waals surface area contributed by atoms with E-state index in [0.717, 1.165) is 0 Å². The van der Waals surface area contributed by atoms with E-state index < -0.39 is 16.0 Å². The molecule has 0 saturated heterocycles. The molecule has 4 aromatic rings. The summed E-state index contributed by atoms with van der Waals surface area (Å²) in [5.74, 6) is -1.05. The lowest BCUT2D eigenvalue weighted by Crippen LogP contribution is -2.13. The number of nitrogens with one attached hydrogen (secondary N) is 1.